The van der Waals surface area contributed by atoms with Gasteiger partial charge in [0.15, 0.2) is 5.84 Å². The van der Waals surface area contributed by atoms with Crippen LogP contribution < -0.4 is 15.4 Å². The number of halogens is 1. The van der Waals surface area contributed by atoms with Gasteiger partial charge in [-0.05, 0) is 42.5 Å². The summed E-state index contributed by atoms with van der Waals surface area (Å²) < 4.78 is 5.14. The van der Waals surface area contributed by atoms with Crippen molar-refractivity contribution in [3.05, 3.63) is 53.1 Å². The quantitative estimate of drug-likeness (QED) is 0.394. The number of amidine groups is 1. The molecule has 5 nitrogen and oxygen atoms in total. The molecule has 0 saturated carbocycles. The third kappa shape index (κ3) is 3.20. The van der Waals surface area contributed by atoms with Crippen molar-refractivity contribution in [1.82, 2.24) is 0 Å². The first kappa shape index (κ1) is 15.0. The molecule has 0 bridgehead atoms. The van der Waals surface area contributed by atoms with Crippen LogP contribution in [0.25, 0.3) is 0 Å². The second-order valence-electron chi connectivity index (χ2n) is 4.41. The molecule has 0 amide bonds. The van der Waals surface area contributed by atoms with E-state index >= 15 is 0 Å². The number of anilines is 2. The number of nitrogens with zero attached hydrogens (tertiary/aromatic N) is 2. The Bertz CT molecular complexity index is 656. The summed E-state index contributed by atoms with van der Waals surface area (Å²) in [6.07, 6.45) is 0. The van der Waals surface area contributed by atoms with Gasteiger partial charge in [0.25, 0.3) is 0 Å². The molecule has 110 valence electrons. The van der Waals surface area contributed by atoms with Gasteiger partial charge >= 0.3 is 0 Å². The third-order valence-corrected chi connectivity index (χ3v) is 3.47. The second kappa shape index (κ2) is 6.37. The lowest BCUT2D eigenvalue weighted by atomic mass is 10.1. The summed E-state index contributed by atoms with van der Waals surface area (Å²) in [5.41, 5.74) is 7.89. The Kier molecular flexibility index (Phi) is 4.55. The molecule has 0 spiro atoms. The average Bonchev–Trinajstić information content (AvgIpc) is 2.53. The van der Waals surface area contributed by atoms with E-state index in [4.69, 9.17) is 27.3 Å². The van der Waals surface area contributed by atoms with Crippen LogP contribution in [0.1, 0.15) is 5.56 Å². The van der Waals surface area contributed by atoms with E-state index in [-0.39, 0.29) is 5.84 Å². The van der Waals surface area contributed by atoms with Crippen molar-refractivity contribution in [2.24, 2.45) is 10.9 Å². The SMILES string of the molecule is COc1ccc(N(C)c2ccc(C(N)=NO)cc2Cl)cc1. The molecule has 6 heteroatoms. The van der Waals surface area contributed by atoms with Crippen LogP contribution in [-0.2, 0) is 0 Å². The maximum Gasteiger partial charge on any atom is 0.170 e. The lowest BCUT2D eigenvalue weighted by Gasteiger charge is -2.21. The van der Waals surface area contributed by atoms with Crippen LogP contribution in [0, 0.1) is 0 Å². The van der Waals surface area contributed by atoms with Crippen molar-refractivity contribution < 1.29 is 9.94 Å². The highest BCUT2D eigenvalue weighted by atomic mass is 35.5. The first-order valence-corrected chi connectivity index (χ1v) is 6.60. The van der Waals surface area contributed by atoms with Gasteiger partial charge in [0.1, 0.15) is 5.75 Å². The second-order valence-corrected chi connectivity index (χ2v) is 4.82. The van der Waals surface area contributed by atoms with Crippen LogP contribution >= 0.6 is 11.6 Å². The summed E-state index contributed by atoms with van der Waals surface area (Å²) >= 11 is 6.28. The average molecular weight is 306 g/mol. The fourth-order valence-corrected chi connectivity index (χ4v) is 2.25. The van der Waals surface area contributed by atoms with Crippen LogP contribution in [0.4, 0.5) is 11.4 Å². The van der Waals surface area contributed by atoms with E-state index in [0.717, 1.165) is 17.1 Å². The van der Waals surface area contributed by atoms with Gasteiger partial charge in [-0.1, -0.05) is 16.8 Å². The summed E-state index contributed by atoms with van der Waals surface area (Å²) in [4.78, 5) is 1.94. The molecule has 0 radical (unpaired) electrons. The molecular formula is C15H16ClN3O2. The Labute approximate surface area is 128 Å². The van der Waals surface area contributed by atoms with Gasteiger partial charge in [-0.25, -0.2) is 0 Å². The summed E-state index contributed by atoms with van der Waals surface area (Å²) in [6.45, 7) is 0. The molecule has 0 aliphatic rings. The van der Waals surface area contributed by atoms with E-state index < -0.39 is 0 Å². The molecule has 2 aromatic rings. The third-order valence-electron chi connectivity index (χ3n) is 3.17. The Balaban J connectivity index is 2.32. The normalized spacial score (nSPS) is 11.3. The number of ether oxygens (including phenoxy) is 1. The van der Waals surface area contributed by atoms with Gasteiger partial charge in [-0.15, -0.1) is 0 Å². The van der Waals surface area contributed by atoms with E-state index in [1.807, 2.05) is 42.3 Å². The fraction of sp³-hybridized carbons (Fsp3) is 0.133. The topological polar surface area (TPSA) is 71.1 Å². The number of hydrogen-bond acceptors (Lipinski definition) is 4. The molecule has 0 fully saturated rings. The Morgan fingerprint density at radius 3 is 2.43 bits per heavy atom. The number of hydrogen-bond donors (Lipinski definition) is 2. The molecule has 0 atom stereocenters. The molecule has 2 rings (SSSR count). The monoisotopic (exact) mass is 305 g/mol. The summed E-state index contributed by atoms with van der Waals surface area (Å²) in [5.74, 6) is 0.816. The first-order valence-electron chi connectivity index (χ1n) is 6.22. The van der Waals surface area contributed by atoms with E-state index in [9.17, 15) is 0 Å². The summed E-state index contributed by atoms with van der Waals surface area (Å²) in [6, 6.07) is 12.9. The van der Waals surface area contributed by atoms with Crippen LogP contribution in [0.3, 0.4) is 0 Å². The van der Waals surface area contributed by atoms with Crippen LogP contribution in [-0.4, -0.2) is 25.2 Å². The van der Waals surface area contributed by atoms with Crippen molar-refractivity contribution in [2.45, 2.75) is 0 Å². The minimum absolute atomic E-state index is 0.0237. The maximum absolute atomic E-state index is 8.68. The van der Waals surface area contributed by atoms with Gasteiger partial charge < -0.3 is 20.6 Å². The maximum atomic E-state index is 8.68. The molecule has 0 aliphatic heterocycles. The zero-order valence-corrected chi connectivity index (χ0v) is 12.5. The van der Waals surface area contributed by atoms with Gasteiger partial charge in [0.2, 0.25) is 0 Å². The number of oxime groups is 1. The van der Waals surface area contributed by atoms with E-state index in [0.29, 0.717) is 10.6 Å². The highest BCUT2D eigenvalue weighted by Crippen LogP contribution is 2.32. The molecule has 0 aliphatic carbocycles. The highest BCUT2D eigenvalue weighted by molar-refractivity contribution is 6.33. The zero-order valence-electron chi connectivity index (χ0n) is 11.7. The van der Waals surface area contributed by atoms with E-state index in [1.165, 1.54) is 0 Å². The number of methoxy groups -OCH3 is 1. The van der Waals surface area contributed by atoms with Crippen LogP contribution in [0.15, 0.2) is 47.6 Å². The Morgan fingerprint density at radius 2 is 1.90 bits per heavy atom. The molecule has 21 heavy (non-hydrogen) atoms. The van der Waals surface area contributed by atoms with Crippen molar-refractivity contribution in [3.8, 4) is 5.75 Å². The predicted octanol–water partition coefficient (Wildman–Crippen LogP) is 3.21. The largest absolute Gasteiger partial charge is 0.497 e. The van der Waals surface area contributed by atoms with Crippen LogP contribution in [0.2, 0.25) is 5.02 Å². The lowest BCUT2D eigenvalue weighted by molar-refractivity contribution is 0.318. The number of benzene rings is 2. The van der Waals surface area contributed by atoms with Crippen molar-refractivity contribution in [1.29, 1.82) is 0 Å². The summed E-state index contributed by atoms with van der Waals surface area (Å²) in [5, 5.41) is 12.2. The minimum atomic E-state index is 0.0237. The summed E-state index contributed by atoms with van der Waals surface area (Å²) in [7, 11) is 3.54. The van der Waals surface area contributed by atoms with Crippen LogP contribution in [0.5, 0.6) is 5.75 Å². The Morgan fingerprint density at radius 1 is 1.24 bits per heavy atom. The van der Waals surface area contributed by atoms with Gasteiger partial charge in [0, 0.05) is 18.3 Å². The minimum Gasteiger partial charge on any atom is -0.497 e. The molecule has 0 unspecified atom stereocenters. The molecule has 0 aromatic heterocycles. The molecule has 2 aromatic carbocycles. The van der Waals surface area contributed by atoms with Crippen molar-refractivity contribution in [3.63, 3.8) is 0 Å². The van der Waals surface area contributed by atoms with E-state index in [1.54, 1.807) is 19.2 Å². The van der Waals surface area contributed by atoms with Gasteiger partial charge in [-0.3, -0.25) is 0 Å². The predicted molar refractivity (Wildman–Crippen MR) is 85.0 cm³/mol. The molecule has 0 heterocycles. The zero-order chi connectivity index (χ0) is 15.4. The fourth-order valence-electron chi connectivity index (χ4n) is 1.94. The highest BCUT2D eigenvalue weighted by Gasteiger charge is 2.10. The lowest BCUT2D eigenvalue weighted by Crippen LogP contribution is -2.14. The standard InChI is InChI=1S/C15H16ClN3O2/c1-19(11-4-6-12(21-2)7-5-11)14-8-3-10(9-13(14)16)15(17)18-20/h3-9,20H,1-2H3,(H2,17,18). The molecule has 3 N–H and O–H groups in total. The Hall–Kier alpha value is -2.40. The smallest absolute Gasteiger partial charge is 0.170 e. The number of nitrogens with two attached hydrogens (primary N) is 1. The van der Waals surface area contributed by atoms with Crippen molar-refractivity contribution in [2.75, 3.05) is 19.1 Å². The van der Waals surface area contributed by atoms with E-state index in [2.05, 4.69) is 5.16 Å². The van der Waals surface area contributed by atoms with Crippen molar-refractivity contribution >= 4 is 28.8 Å². The first-order chi connectivity index (χ1) is 10.1. The molecular weight excluding hydrogens is 290 g/mol. The number of rotatable bonds is 4. The van der Waals surface area contributed by atoms with Gasteiger partial charge in [0.05, 0.1) is 17.8 Å². The molecule has 0 saturated heterocycles. The van der Waals surface area contributed by atoms with Gasteiger partial charge in [-0.2, -0.15) is 0 Å².